The molecule has 1 N–H and O–H groups in total. The van der Waals surface area contributed by atoms with Crippen LogP contribution in [0, 0.1) is 0 Å². The second-order valence-corrected chi connectivity index (χ2v) is 7.34. The minimum atomic E-state index is 0.454. The van der Waals surface area contributed by atoms with Crippen molar-refractivity contribution in [2.24, 2.45) is 0 Å². The number of hydrogen-bond donors (Lipinski definition) is 1. The number of nitrogens with one attached hydrogen (secondary N) is 1. The molecule has 0 bridgehead atoms. The molecule has 1 aromatic rings. The van der Waals surface area contributed by atoms with Crippen molar-refractivity contribution in [1.82, 2.24) is 10.2 Å². The number of fused-ring (bicyclic) bond motifs is 1. The Morgan fingerprint density at radius 2 is 1.86 bits per heavy atom. The Labute approximate surface area is 128 Å². The zero-order valence-electron chi connectivity index (χ0n) is 13.2. The standard InChI is InChI=1S/C19H28N2/c1-2-9-19(10-3-1)15-20-11-12-21(19)14-16-7-8-17-5-4-6-18(17)13-16/h7-8,13,20H,1-6,9-12,14-15H2. The lowest BCUT2D eigenvalue weighted by Crippen LogP contribution is -2.61. The van der Waals surface area contributed by atoms with Crippen molar-refractivity contribution in [3.8, 4) is 0 Å². The van der Waals surface area contributed by atoms with Crippen molar-refractivity contribution < 1.29 is 0 Å². The molecule has 1 aliphatic heterocycles. The predicted molar refractivity (Wildman–Crippen MR) is 87.6 cm³/mol. The summed E-state index contributed by atoms with van der Waals surface area (Å²) in [5, 5.41) is 3.66. The zero-order chi connectivity index (χ0) is 14.1. The first-order valence-corrected chi connectivity index (χ1v) is 8.92. The van der Waals surface area contributed by atoms with Crippen LogP contribution in [0.15, 0.2) is 18.2 Å². The minimum absolute atomic E-state index is 0.454. The van der Waals surface area contributed by atoms with Gasteiger partial charge < -0.3 is 5.32 Å². The van der Waals surface area contributed by atoms with E-state index in [1.54, 1.807) is 16.7 Å². The van der Waals surface area contributed by atoms with Crippen LogP contribution < -0.4 is 5.32 Å². The third-order valence-corrected chi connectivity index (χ3v) is 6.00. The third kappa shape index (κ3) is 2.64. The second kappa shape index (κ2) is 5.73. The van der Waals surface area contributed by atoms with Crippen molar-refractivity contribution in [2.45, 2.75) is 63.5 Å². The first-order valence-electron chi connectivity index (χ1n) is 8.92. The van der Waals surface area contributed by atoms with Gasteiger partial charge in [-0.1, -0.05) is 37.5 Å². The van der Waals surface area contributed by atoms with Gasteiger partial charge in [0.15, 0.2) is 0 Å². The maximum absolute atomic E-state index is 3.66. The fraction of sp³-hybridized carbons (Fsp3) is 0.684. The van der Waals surface area contributed by atoms with Crippen LogP contribution in [0.3, 0.4) is 0 Å². The van der Waals surface area contributed by atoms with Gasteiger partial charge in [0.25, 0.3) is 0 Å². The van der Waals surface area contributed by atoms with Crippen LogP contribution in [0.25, 0.3) is 0 Å². The summed E-state index contributed by atoms with van der Waals surface area (Å²) in [6.07, 6.45) is 11.0. The average molecular weight is 284 g/mol. The van der Waals surface area contributed by atoms with Gasteiger partial charge in [-0.05, 0) is 48.8 Å². The third-order valence-electron chi connectivity index (χ3n) is 6.00. The lowest BCUT2D eigenvalue weighted by Gasteiger charge is -2.50. The molecule has 1 heterocycles. The first kappa shape index (κ1) is 13.8. The lowest BCUT2D eigenvalue weighted by molar-refractivity contribution is 0.0209. The predicted octanol–water partition coefficient (Wildman–Crippen LogP) is 3.28. The van der Waals surface area contributed by atoms with E-state index < -0.39 is 0 Å². The molecular weight excluding hydrogens is 256 g/mol. The Morgan fingerprint density at radius 3 is 2.76 bits per heavy atom. The number of aryl methyl sites for hydroxylation is 2. The van der Waals surface area contributed by atoms with E-state index in [1.165, 1.54) is 64.5 Å². The highest BCUT2D eigenvalue weighted by atomic mass is 15.3. The van der Waals surface area contributed by atoms with Crippen molar-refractivity contribution in [2.75, 3.05) is 19.6 Å². The molecule has 114 valence electrons. The van der Waals surface area contributed by atoms with E-state index in [9.17, 15) is 0 Å². The van der Waals surface area contributed by atoms with Gasteiger partial charge in [0.05, 0.1) is 0 Å². The summed E-state index contributed by atoms with van der Waals surface area (Å²) in [5.74, 6) is 0. The van der Waals surface area contributed by atoms with Crippen LogP contribution in [0.1, 0.15) is 55.2 Å². The van der Waals surface area contributed by atoms with Crippen LogP contribution in [-0.2, 0) is 19.4 Å². The van der Waals surface area contributed by atoms with Crippen molar-refractivity contribution >= 4 is 0 Å². The highest BCUT2D eigenvalue weighted by Crippen LogP contribution is 2.36. The molecule has 2 fully saturated rings. The van der Waals surface area contributed by atoms with Crippen molar-refractivity contribution in [1.29, 1.82) is 0 Å². The Kier molecular flexibility index (Phi) is 3.76. The maximum Gasteiger partial charge on any atom is 0.0338 e. The SMILES string of the molecule is c1cc2c(cc1CN1CCNCC13CCCCC3)CCC2. The molecule has 0 amide bonds. The van der Waals surface area contributed by atoms with Gasteiger partial charge in [-0.15, -0.1) is 0 Å². The maximum atomic E-state index is 3.66. The summed E-state index contributed by atoms with van der Waals surface area (Å²) < 4.78 is 0. The Morgan fingerprint density at radius 1 is 1.00 bits per heavy atom. The van der Waals surface area contributed by atoms with E-state index in [-0.39, 0.29) is 0 Å². The van der Waals surface area contributed by atoms with Crippen molar-refractivity contribution in [3.05, 3.63) is 34.9 Å². The van der Waals surface area contributed by atoms with E-state index in [2.05, 4.69) is 28.4 Å². The van der Waals surface area contributed by atoms with Crippen LogP contribution in [0.4, 0.5) is 0 Å². The largest absolute Gasteiger partial charge is 0.314 e. The number of piperazine rings is 1. The van der Waals surface area contributed by atoms with E-state index in [4.69, 9.17) is 0 Å². The van der Waals surface area contributed by atoms with E-state index in [0.717, 1.165) is 13.1 Å². The molecule has 1 spiro atoms. The normalized spacial score (nSPS) is 25.1. The summed E-state index contributed by atoms with van der Waals surface area (Å²) in [7, 11) is 0. The van der Waals surface area contributed by atoms with E-state index in [1.807, 2.05) is 0 Å². The molecule has 3 aliphatic rings. The quantitative estimate of drug-likeness (QED) is 0.896. The molecule has 0 atom stereocenters. The average Bonchev–Trinajstić information content (AvgIpc) is 2.98. The Hall–Kier alpha value is -0.860. The van der Waals surface area contributed by atoms with Gasteiger partial charge >= 0.3 is 0 Å². The molecule has 1 saturated carbocycles. The smallest absolute Gasteiger partial charge is 0.0338 e. The van der Waals surface area contributed by atoms with Gasteiger partial charge in [0, 0.05) is 31.7 Å². The van der Waals surface area contributed by atoms with Gasteiger partial charge in [0.2, 0.25) is 0 Å². The molecule has 0 aromatic heterocycles. The Balaban J connectivity index is 1.54. The summed E-state index contributed by atoms with van der Waals surface area (Å²) in [4.78, 5) is 2.80. The fourth-order valence-electron chi connectivity index (χ4n) is 4.78. The van der Waals surface area contributed by atoms with Crippen LogP contribution in [-0.4, -0.2) is 30.1 Å². The van der Waals surface area contributed by atoms with Crippen LogP contribution in [0.5, 0.6) is 0 Å². The van der Waals surface area contributed by atoms with Gasteiger partial charge in [-0.2, -0.15) is 0 Å². The molecule has 0 radical (unpaired) electrons. The molecule has 2 nitrogen and oxygen atoms in total. The fourth-order valence-corrected chi connectivity index (χ4v) is 4.78. The molecule has 1 saturated heterocycles. The molecule has 2 aliphatic carbocycles. The molecular formula is C19H28N2. The second-order valence-electron chi connectivity index (χ2n) is 7.34. The number of benzene rings is 1. The number of hydrogen-bond acceptors (Lipinski definition) is 2. The summed E-state index contributed by atoms with van der Waals surface area (Å²) in [5.41, 5.74) is 5.23. The highest BCUT2D eigenvalue weighted by Gasteiger charge is 2.39. The van der Waals surface area contributed by atoms with Gasteiger partial charge in [-0.3, -0.25) is 4.90 Å². The van der Waals surface area contributed by atoms with Crippen molar-refractivity contribution in [3.63, 3.8) is 0 Å². The number of rotatable bonds is 2. The monoisotopic (exact) mass is 284 g/mol. The van der Waals surface area contributed by atoms with E-state index >= 15 is 0 Å². The van der Waals surface area contributed by atoms with Crippen LogP contribution in [0.2, 0.25) is 0 Å². The van der Waals surface area contributed by atoms with E-state index in [0.29, 0.717) is 5.54 Å². The Bertz CT molecular complexity index is 494. The zero-order valence-corrected chi connectivity index (χ0v) is 13.2. The topological polar surface area (TPSA) is 15.3 Å². The first-order chi connectivity index (χ1) is 10.4. The molecule has 2 heteroatoms. The molecule has 21 heavy (non-hydrogen) atoms. The van der Waals surface area contributed by atoms with Gasteiger partial charge in [-0.25, -0.2) is 0 Å². The molecule has 4 rings (SSSR count). The summed E-state index contributed by atoms with van der Waals surface area (Å²) in [6, 6.07) is 7.29. The summed E-state index contributed by atoms with van der Waals surface area (Å²) in [6.45, 7) is 4.75. The molecule has 1 aromatic carbocycles. The van der Waals surface area contributed by atoms with Crippen LogP contribution >= 0.6 is 0 Å². The van der Waals surface area contributed by atoms with Gasteiger partial charge in [0.1, 0.15) is 0 Å². The number of nitrogens with zero attached hydrogens (tertiary/aromatic N) is 1. The molecule has 0 unspecified atom stereocenters. The minimum Gasteiger partial charge on any atom is -0.314 e. The lowest BCUT2D eigenvalue weighted by atomic mass is 9.79. The summed E-state index contributed by atoms with van der Waals surface area (Å²) >= 11 is 0. The highest BCUT2D eigenvalue weighted by molar-refractivity contribution is 5.35.